The molecule has 7 aromatic rings. The van der Waals surface area contributed by atoms with Crippen LogP contribution >= 0.6 is 0 Å². The van der Waals surface area contributed by atoms with Crippen molar-refractivity contribution in [2.75, 3.05) is 9.80 Å². The van der Waals surface area contributed by atoms with E-state index >= 15 is 0 Å². The quantitative estimate of drug-likeness (QED) is 0.164. The highest BCUT2D eigenvalue weighted by molar-refractivity contribution is 7.00. The maximum atomic E-state index is 6.09. The summed E-state index contributed by atoms with van der Waals surface area (Å²) in [5.74, 6) is 2.06. The molecule has 0 amide bonds. The maximum absolute atomic E-state index is 6.09. The molecule has 0 N–H and O–H groups in total. The molecule has 4 aliphatic rings. The van der Waals surface area contributed by atoms with Crippen molar-refractivity contribution in [1.29, 1.82) is 0 Å². The average molecular weight is 951 g/mol. The summed E-state index contributed by atoms with van der Waals surface area (Å²) in [7, 11) is 0. The first-order valence-electron chi connectivity index (χ1n) is 27.1. The Morgan fingerprint density at radius 2 is 0.903 bits per heavy atom. The lowest BCUT2D eigenvalue weighted by Crippen LogP contribution is -2.62. The summed E-state index contributed by atoms with van der Waals surface area (Å²) in [6.07, 6.45) is 4.65. The lowest BCUT2D eigenvalue weighted by molar-refractivity contribution is 0.332. The Hall–Kier alpha value is -5.81. The number of benzene rings is 6. The summed E-state index contributed by atoms with van der Waals surface area (Å²) in [5, 5.41) is 0. The van der Waals surface area contributed by atoms with Crippen LogP contribution in [-0.2, 0) is 37.9 Å². The minimum atomic E-state index is -0.154. The molecule has 0 saturated heterocycles. The lowest BCUT2D eigenvalue weighted by Gasteiger charge is -2.47. The molecule has 4 nitrogen and oxygen atoms in total. The van der Waals surface area contributed by atoms with Gasteiger partial charge in [-0.05, 0) is 168 Å². The zero-order valence-corrected chi connectivity index (χ0v) is 46.7. The van der Waals surface area contributed by atoms with Gasteiger partial charge in [-0.2, -0.15) is 0 Å². The van der Waals surface area contributed by atoms with E-state index in [0.29, 0.717) is 0 Å². The molecule has 0 atom stereocenters. The predicted octanol–water partition coefficient (Wildman–Crippen LogP) is 16.2. The van der Waals surface area contributed by atoms with Crippen LogP contribution in [0.25, 0.3) is 17.1 Å². The fraction of sp³-hybridized carbons (Fsp3) is 0.418. The van der Waals surface area contributed by atoms with E-state index in [4.69, 9.17) is 4.98 Å². The van der Waals surface area contributed by atoms with Crippen molar-refractivity contribution >= 4 is 57.5 Å². The van der Waals surface area contributed by atoms with Crippen LogP contribution in [0.4, 0.5) is 34.3 Å². The zero-order chi connectivity index (χ0) is 51.5. The molecule has 72 heavy (non-hydrogen) atoms. The van der Waals surface area contributed by atoms with Gasteiger partial charge in [0.1, 0.15) is 11.6 Å². The molecular weight excluding hydrogens is 872 g/mol. The summed E-state index contributed by atoms with van der Waals surface area (Å²) < 4.78 is 2.48. The Bertz CT molecular complexity index is 3290. The number of hydrogen-bond acceptors (Lipinski definition) is 3. The number of nitrogens with zero attached hydrogens (tertiary/aromatic N) is 4. The largest absolute Gasteiger partial charge is 0.311 e. The van der Waals surface area contributed by atoms with Crippen LogP contribution < -0.4 is 26.3 Å². The van der Waals surface area contributed by atoms with Crippen molar-refractivity contribution < 1.29 is 0 Å². The molecule has 2 aliphatic heterocycles. The first kappa shape index (κ1) is 48.5. The third-order valence-corrected chi connectivity index (χ3v) is 17.8. The van der Waals surface area contributed by atoms with Gasteiger partial charge in [0.2, 0.25) is 0 Å². The normalized spacial score (nSPS) is 18.2. The molecule has 5 heteroatoms. The van der Waals surface area contributed by atoms with E-state index in [1.807, 2.05) is 0 Å². The summed E-state index contributed by atoms with van der Waals surface area (Å²) in [4.78, 5) is 11.4. The molecule has 0 fully saturated rings. The number of anilines is 6. The first-order valence-corrected chi connectivity index (χ1v) is 27.1. The molecule has 1 aromatic heterocycles. The Labute approximate surface area is 433 Å². The minimum absolute atomic E-state index is 0.00451. The summed E-state index contributed by atoms with van der Waals surface area (Å²) in [6, 6.07) is 47.6. The maximum Gasteiger partial charge on any atom is 0.277 e. The predicted molar refractivity (Wildman–Crippen MR) is 310 cm³/mol. The SMILES string of the molecule is CC(C)(C)c1ccc(-c2nc3c(n2-c2ccccc2)N(c2ccc(C(C)(C)C)cc2)c2cc(C(C)(C)C)cc4c2B3c2cc3c(cc2N4c2ccc4c(c2)C(C)(C)CCC4(C)C)C(C)(C)CCC3(C)C)cc1. The van der Waals surface area contributed by atoms with E-state index in [1.54, 1.807) is 0 Å². The number of imidazole rings is 1. The first-order chi connectivity index (χ1) is 33.6. The van der Waals surface area contributed by atoms with Gasteiger partial charge in [-0.1, -0.05) is 184 Å². The summed E-state index contributed by atoms with van der Waals surface area (Å²) in [5.41, 5.74) is 22.0. The Kier molecular flexibility index (Phi) is 10.7. The van der Waals surface area contributed by atoms with Crippen molar-refractivity contribution in [1.82, 2.24) is 9.55 Å². The molecule has 370 valence electrons. The smallest absolute Gasteiger partial charge is 0.277 e. The highest BCUT2D eigenvalue weighted by Crippen LogP contribution is 2.53. The van der Waals surface area contributed by atoms with Crippen molar-refractivity contribution in [2.45, 2.75) is 181 Å². The molecule has 11 rings (SSSR count). The van der Waals surface area contributed by atoms with Crippen molar-refractivity contribution in [3.05, 3.63) is 160 Å². The number of hydrogen-bond donors (Lipinski definition) is 0. The van der Waals surface area contributed by atoms with E-state index in [2.05, 4.69) is 253 Å². The van der Waals surface area contributed by atoms with E-state index in [-0.39, 0.29) is 44.6 Å². The highest BCUT2D eigenvalue weighted by Gasteiger charge is 2.50. The van der Waals surface area contributed by atoms with Gasteiger partial charge < -0.3 is 4.90 Å². The Balaban J connectivity index is 1.31. The van der Waals surface area contributed by atoms with Crippen molar-refractivity contribution in [3.8, 4) is 17.1 Å². The van der Waals surface area contributed by atoms with Gasteiger partial charge >= 0.3 is 0 Å². The highest BCUT2D eigenvalue weighted by atomic mass is 15.3. The summed E-state index contributed by atoms with van der Waals surface area (Å²) in [6.45, 7) is 40.6. The van der Waals surface area contributed by atoms with E-state index in [9.17, 15) is 0 Å². The fourth-order valence-corrected chi connectivity index (χ4v) is 12.8. The van der Waals surface area contributed by atoms with Crippen LogP contribution in [0.3, 0.4) is 0 Å². The van der Waals surface area contributed by atoms with E-state index in [0.717, 1.165) is 53.4 Å². The molecule has 0 radical (unpaired) electrons. The second kappa shape index (κ2) is 15.8. The lowest BCUT2D eigenvalue weighted by atomic mass is 9.34. The monoisotopic (exact) mass is 951 g/mol. The van der Waals surface area contributed by atoms with Gasteiger partial charge in [0.15, 0.2) is 0 Å². The van der Waals surface area contributed by atoms with Crippen LogP contribution in [0.2, 0.25) is 0 Å². The molecule has 0 unspecified atom stereocenters. The van der Waals surface area contributed by atoms with Crippen molar-refractivity contribution in [2.24, 2.45) is 0 Å². The molecule has 2 aliphatic carbocycles. The zero-order valence-electron chi connectivity index (χ0n) is 46.7. The molecule has 3 heterocycles. The van der Waals surface area contributed by atoms with Crippen LogP contribution in [0, 0.1) is 0 Å². The minimum Gasteiger partial charge on any atom is -0.311 e. The number of aromatic nitrogens is 2. The number of fused-ring (bicyclic) bond motifs is 6. The topological polar surface area (TPSA) is 24.3 Å². The van der Waals surface area contributed by atoms with Gasteiger partial charge in [-0.3, -0.25) is 9.47 Å². The molecule has 0 bridgehead atoms. The van der Waals surface area contributed by atoms with Crippen LogP contribution in [-0.4, -0.2) is 16.3 Å². The second-order valence-corrected chi connectivity index (χ2v) is 27.9. The van der Waals surface area contributed by atoms with Crippen LogP contribution in [0.5, 0.6) is 0 Å². The van der Waals surface area contributed by atoms with Crippen LogP contribution in [0.15, 0.2) is 121 Å². The average Bonchev–Trinajstić information content (AvgIpc) is 3.71. The standard InChI is InChI=1S/C67H79BN4/c1-61(2,3)43-25-23-42(24-26-43)59-69-58-60(72(59)46-21-19-18-20-22-46)71(47-29-27-44(28-30-47)62(4,5)6)56-38-45(63(7,8)9)37-55-57(56)68(58)53-40-51-52(67(16,17)36-35-66(51,14)15)41-54(53)70(55)48-31-32-49-50(39-48)65(12,13)34-33-64(49,10)11/h18-32,37-41H,33-36H2,1-17H3. The third kappa shape index (κ3) is 7.64. The van der Waals surface area contributed by atoms with E-state index < -0.39 is 0 Å². The molecular formula is C67H79BN4. The second-order valence-electron chi connectivity index (χ2n) is 27.9. The molecule has 0 spiro atoms. The molecule has 6 aromatic carbocycles. The summed E-state index contributed by atoms with van der Waals surface area (Å²) >= 11 is 0. The van der Waals surface area contributed by atoms with Gasteiger partial charge in [0.25, 0.3) is 6.71 Å². The van der Waals surface area contributed by atoms with Gasteiger partial charge in [0.05, 0.1) is 5.59 Å². The van der Waals surface area contributed by atoms with Gasteiger partial charge in [0, 0.05) is 39.7 Å². The Morgan fingerprint density at radius 1 is 0.431 bits per heavy atom. The van der Waals surface area contributed by atoms with Gasteiger partial charge in [-0.15, -0.1) is 0 Å². The third-order valence-electron chi connectivity index (χ3n) is 17.8. The van der Waals surface area contributed by atoms with E-state index in [1.165, 1.54) is 79.0 Å². The fourth-order valence-electron chi connectivity index (χ4n) is 12.8. The number of para-hydroxylation sites is 1. The van der Waals surface area contributed by atoms with Gasteiger partial charge in [-0.25, -0.2) is 4.98 Å². The molecule has 0 saturated carbocycles. The number of rotatable bonds is 4. The Morgan fingerprint density at radius 3 is 1.44 bits per heavy atom. The van der Waals surface area contributed by atoms with Crippen molar-refractivity contribution in [3.63, 3.8) is 0 Å². The van der Waals surface area contributed by atoms with Crippen LogP contribution in [0.1, 0.15) is 182 Å².